The fourth-order valence-electron chi connectivity index (χ4n) is 2.82. The summed E-state index contributed by atoms with van der Waals surface area (Å²) in [5, 5.41) is 20.2. The zero-order valence-corrected chi connectivity index (χ0v) is 14.5. The number of ether oxygens (including phenoxy) is 5. The van der Waals surface area contributed by atoms with E-state index in [1.165, 1.54) is 26.0 Å². The first kappa shape index (κ1) is 18.4. The molecule has 22 heavy (non-hydrogen) atoms. The molecule has 2 rings (SSSR count). The Balaban J connectivity index is 2.30. The van der Waals surface area contributed by atoms with Gasteiger partial charge in [-0.2, -0.15) is 0 Å². The first-order valence-electron chi connectivity index (χ1n) is 7.37. The largest absolute Gasteiger partial charge is 0.394 e. The van der Waals surface area contributed by atoms with Gasteiger partial charge in [0, 0.05) is 14.2 Å². The molecule has 7 atom stereocenters. The molecule has 0 aliphatic carbocycles. The SMILES string of the molecule is CCS[C@H]1O[C@H](CO)[C@H]2O[C@](C)(OC)[C@@](C)(OC)O[C@@H]2[C@@H]1O. The Morgan fingerprint density at radius 2 is 1.64 bits per heavy atom. The molecule has 7 nitrogen and oxygen atoms in total. The third kappa shape index (κ3) is 2.91. The van der Waals surface area contributed by atoms with Crippen molar-refractivity contribution in [2.75, 3.05) is 26.6 Å². The molecule has 0 aromatic rings. The Kier molecular flexibility index (Phi) is 5.77. The summed E-state index contributed by atoms with van der Waals surface area (Å²) in [6, 6.07) is 0. The van der Waals surface area contributed by atoms with Crippen LogP contribution in [0.15, 0.2) is 0 Å². The predicted octanol–water partition coefficient (Wildman–Crippen LogP) is 0.327. The molecule has 0 saturated carbocycles. The summed E-state index contributed by atoms with van der Waals surface area (Å²) in [7, 11) is 2.99. The van der Waals surface area contributed by atoms with Gasteiger partial charge in [0.15, 0.2) is 0 Å². The Bertz CT molecular complexity index is 384. The third-order valence-electron chi connectivity index (χ3n) is 4.45. The molecule has 2 saturated heterocycles. The van der Waals surface area contributed by atoms with Crippen LogP contribution < -0.4 is 0 Å². The fraction of sp³-hybridized carbons (Fsp3) is 1.00. The van der Waals surface area contributed by atoms with E-state index in [2.05, 4.69) is 0 Å². The minimum Gasteiger partial charge on any atom is -0.394 e. The Morgan fingerprint density at radius 1 is 1.09 bits per heavy atom. The van der Waals surface area contributed by atoms with Crippen molar-refractivity contribution in [2.45, 2.75) is 62.2 Å². The Labute approximate surface area is 135 Å². The van der Waals surface area contributed by atoms with Gasteiger partial charge in [0.25, 0.3) is 0 Å². The first-order valence-corrected chi connectivity index (χ1v) is 8.42. The second-order valence-corrected chi connectivity index (χ2v) is 7.01. The fourth-order valence-corrected chi connectivity index (χ4v) is 3.72. The van der Waals surface area contributed by atoms with Crippen LogP contribution in [-0.4, -0.2) is 78.2 Å². The molecule has 2 N–H and O–H groups in total. The number of aliphatic hydroxyl groups is 2. The van der Waals surface area contributed by atoms with Crippen molar-refractivity contribution in [3.05, 3.63) is 0 Å². The van der Waals surface area contributed by atoms with E-state index in [1.54, 1.807) is 13.8 Å². The molecule has 0 bridgehead atoms. The lowest BCUT2D eigenvalue weighted by atomic mass is 9.95. The number of hydrogen-bond acceptors (Lipinski definition) is 8. The molecular weight excluding hydrogens is 312 g/mol. The maximum atomic E-state index is 10.6. The molecule has 2 heterocycles. The topological polar surface area (TPSA) is 86.6 Å². The van der Waals surface area contributed by atoms with E-state index in [-0.39, 0.29) is 6.61 Å². The first-order chi connectivity index (χ1) is 10.4. The van der Waals surface area contributed by atoms with E-state index in [9.17, 15) is 10.2 Å². The van der Waals surface area contributed by atoms with E-state index >= 15 is 0 Å². The summed E-state index contributed by atoms with van der Waals surface area (Å²) in [5.41, 5.74) is -0.486. The highest BCUT2D eigenvalue weighted by Crippen LogP contribution is 2.44. The molecule has 8 heteroatoms. The van der Waals surface area contributed by atoms with Crippen molar-refractivity contribution in [3.63, 3.8) is 0 Å². The molecule has 130 valence electrons. The van der Waals surface area contributed by atoms with Crippen LogP contribution in [0.2, 0.25) is 0 Å². The molecule has 0 spiro atoms. The van der Waals surface area contributed by atoms with Crippen LogP contribution in [0.1, 0.15) is 20.8 Å². The van der Waals surface area contributed by atoms with Gasteiger partial charge in [-0.15, -0.1) is 11.8 Å². The van der Waals surface area contributed by atoms with Gasteiger partial charge < -0.3 is 33.9 Å². The quantitative estimate of drug-likeness (QED) is 0.741. The number of fused-ring (bicyclic) bond motifs is 1. The summed E-state index contributed by atoms with van der Waals surface area (Å²) in [4.78, 5) is 0. The van der Waals surface area contributed by atoms with Crippen LogP contribution in [0.5, 0.6) is 0 Å². The van der Waals surface area contributed by atoms with Crippen LogP contribution in [0.4, 0.5) is 0 Å². The molecule has 0 aromatic carbocycles. The highest BCUT2D eigenvalue weighted by molar-refractivity contribution is 7.99. The lowest BCUT2D eigenvalue weighted by molar-refractivity contribution is -0.470. The van der Waals surface area contributed by atoms with E-state index in [0.717, 1.165) is 5.75 Å². The zero-order valence-electron chi connectivity index (χ0n) is 13.6. The van der Waals surface area contributed by atoms with E-state index in [0.29, 0.717) is 0 Å². The molecule has 0 aromatic heterocycles. The molecule has 2 aliphatic heterocycles. The van der Waals surface area contributed by atoms with E-state index in [1.807, 2.05) is 6.92 Å². The van der Waals surface area contributed by atoms with Crippen molar-refractivity contribution in [3.8, 4) is 0 Å². The minimum absolute atomic E-state index is 0.235. The molecule has 0 unspecified atom stereocenters. The van der Waals surface area contributed by atoms with Gasteiger partial charge in [-0.3, -0.25) is 0 Å². The van der Waals surface area contributed by atoms with Gasteiger partial charge in [0.1, 0.15) is 29.9 Å². The average molecular weight is 338 g/mol. The predicted molar refractivity (Wildman–Crippen MR) is 80.5 cm³/mol. The van der Waals surface area contributed by atoms with Gasteiger partial charge in [-0.25, -0.2) is 0 Å². The van der Waals surface area contributed by atoms with Crippen molar-refractivity contribution in [1.29, 1.82) is 0 Å². The van der Waals surface area contributed by atoms with Gasteiger partial charge in [0.2, 0.25) is 11.6 Å². The zero-order chi connectivity index (χ0) is 16.5. The van der Waals surface area contributed by atoms with E-state index in [4.69, 9.17) is 23.7 Å². The molecular formula is C14H26O7S. The second-order valence-electron chi connectivity index (χ2n) is 5.64. The summed E-state index contributed by atoms with van der Waals surface area (Å²) in [6.45, 7) is 5.13. The number of aliphatic hydroxyl groups excluding tert-OH is 2. The maximum absolute atomic E-state index is 10.6. The van der Waals surface area contributed by atoms with Crippen LogP contribution in [-0.2, 0) is 23.7 Å². The average Bonchev–Trinajstić information content (AvgIpc) is 2.52. The smallest absolute Gasteiger partial charge is 0.220 e. The Hall–Kier alpha value is 0.0700. The lowest BCUT2D eigenvalue weighted by Gasteiger charge is -2.56. The summed E-state index contributed by atoms with van der Waals surface area (Å²) >= 11 is 1.46. The van der Waals surface area contributed by atoms with Gasteiger partial charge in [-0.1, -0.05) is 6.92 Å². The molecule has 2 fully saturated rings. The van der Waals surface area contributed by atoms with Crippen LogP contribution >= 0.6 is 11.8 Å². The summed E-state index contributed by atoms with van der Waals surface area (Å²) in [5.74, 6) is -1.61. The maximum Gasteiger partial charge on any atom is 0.220 e. The Morgan fingerprint density at radius 3 is 2.09 bits per heavy atom. The van der Waals surface area contributed by atoms with E-state index < -0.39 is 41.4 Å². The van der Waals surface area contributed by atoms with Crippen molar-refractivity contribution >= 4 is 11.8 Å². The molecule has 0 radical (unpaired) electrons. The normalized spacial score (nSPS) is 49.0. The highest BCUT2D eigenvalue weighted by Gasteiger charge is 2.62. The molecule has 2 aliphatic rings. The monoisotopic (exact) mass is 338 g/mol. The van der Waals surface area contributed by atoms with Gasteiger partial charge >= 0.3 is 0 Å². The van der Waals surface area contributed by atoms with Crippen LogP contribution in [0, 0.1) is 0 Å². The third-order valence-corrected chi connectivity index (χ3v) is 5.50. The highest BCUT2D eigenvalue weighted by atomic mass is 32.2. The number of methoxy groups -OCH3 is 2. The van der Waals surface area contributed by atoms with Gasteiger partial charge in [-0.05, 0) is 19.6 Å². The van der Waals surface area contributed by atoms with Crippen molar-refractivity contribution in [2.24, 2.45) is 0 Å². The summed E-state index contributed by atoms with van der Waals surface area (Å²) in [6.07, 6.45) is -2.83. The van der Waals surface area contributed by atoms with Crippen molar-refractivity contribution < 1.29 is 33.9 Å². The number of thioether (sulfide) groups is 1. The number of hydrogen-bond donors (Lipinski definition) is 2. The number of rotatable bonds is 5. The minimum atomic E-state index is -1.19. The summed E-state index contributed by atoms with van der Waals surface area (Å²) < 4.78 is 28.7. The van der Waals surface area contributed by atoms with Crippen LogP contribution in [0.25, 0.3) is 0 Å². The van der Waals surface area contributed by atoms with Crippen LogP contribution in [0.3, 0.4) is 0 Å². The second kappa shape index (κ2) is 6.90. The standard InChI is InChI=1S/C14H26O7S/c1-6-22-12-9(16)11-10(8(7-15)19-12)20-13(2,17-4)14(3,18-5)21-11/h8-12,15-16H,6-7H2,1-5H3/t8-,9+,10-,11-,12-,13+,14+/m1/s1. The van der Waals surface area contributed by atoms with Gasteiger partial charge in [0.05, 0.1) is 6.61 Å². The van der Waals surface area contributed by atoms with Crippen molar-refractivity contribution in [1.82, 2.24) is 0 Å². The lowest BCUT2D eigenvalue weighted by Crippen LogP contribution is -2.72. The molecule has 0 amide bonds.